The Morgan fingerprint density at radius 3 is 2.69 bits per heavy atom. The van der Waals surface area contributed by atoms with Crippen LogP contribution in [0.15, 0.2) is 34.4 Å². The highest BCUT2D eigenvalue weighted by molar-refractivity contribution is 6.32. The number of amides is 3. The fourth-order valence-corrected chi connectivity index (χ4v) is 3.20. The normalized spacial score (nSPS) is 15.7. The monoisotopic (exact) mass is 462 g/mol. The average Bonchev–Trinajstić information content (AvgIpc) is 3.35. The van der Waals surface area contributed by atoms with Crippen LogP contribution in [0.5, 0.6) is 11.5 Å². The minimum Gasteiger partial charge on any atom is -0.493 e. The number of nitrogens with one attached hydrogen (secondary N) is 1. The lowest BCUT2D eigenvalue weighted by Gasteiger charge is -2.17. The van der Waals surface area contributed by atoms with Gasteiger partial charge < -0.3 is 23.9 Å². The third-order valence-electron chi connectivity index (χ3n) is 4.78. The van der Waals surface area contributed by atoms with Crippen LogP contribution >= 0.6 is 11.6 Å². The molecule has 3 rings (SSSR count). The molecule has 1 saturated heterocycles. The predicted octanol–water partition coefficient (Wildman–Crippen LogP) is 4.00. The Kier molecular flexibility index (Phi) is 7.09. The molecule has 0 aliphatic carbocycles. The number of ether oxygens (including phenoxy) is 3. The summed E-state index contributed by atoms with van der Waals surface area (Å²) in [6.07, 6.45) is 2.22. The lowest BCUT2D eigenvalue weighted by atomic mass is 10.1. The Hall–Kier alpha value is -3.46. The molecule has 1 atom stereocenters. The van der Waals surface area contributed by atoms with Crippen molar-refractivity contribution in [3.05, 3.63) is 52.1 Å². The van der Waals surface area contributed by atoms with E-state index in [2.05, 4.69) is 10.1 Å². The fourth-order valence-electron chi connectivity index (χ4n) is 2.93. The van der Waals surface area contributed by atoms with E-state index in [1.807, 2.05) is 13.8 Å². The summed E-state index contributed by atoms with van der Waals surface area (Å²) in [6, 6.07) is 5.56. The first kappa shape index (κ1) is 23.2. The molecule has 32 heavy (non-hydrogen) atoms. The van der Waals surface area contributed by atoms with Gasteiger partial charge in [-0.15, -0.1) is 0 Å². The number of urea groups is 1. The zero-order valence-corrected chi connectivity index (χ0v) is 18.8. The third-order valence-corrected chi connectivity index (χ3v) is 5.06. The van der Waals surface area contributed by atoms with Crippen LogP contribution in [0, 0.1) is 0 Å². The quantitative estimate of drug-likeness (QED) is 0.359. The van der Waals surface area contributed by atoms with Gasteiger partial charge in [-0.2, -0.15) is 0 Å². The molecule has 9 nitrogen and oxygen atoms in total. The molecule has 1 aliphatic rings. The average molecular weight is 463 g/mol. The minimum absolute atomic E-state index is 0.0215. The van der Waals surface area contributed by atoms with Crippen molar-refractivity contribution in [2.24, 2.45) is 0 Å². The molecule has 1 aromatic heterocycles. The second-order valence-electron chi connectivity index (χ2n) is 7.01. The number of methoxy groups -OCH3 is 2. The van der Waals surface area contributed by atoms with Crippen molar-refractivity contribution in [2.45, 2.75) is 32.9 Å². The van der Waals surface area contributed by atoms with Gasteiger partial charge in [0.2, 0.25) is 5.76 Å². The van der Waals surface area contributed by atoms with Gasteiger partial charge in [0.25, 0.3) is 5.91 Å². The lowest BCUT2D eigenvalue weighted by molar-refractivity contribution is -0.123. The Balaban J connectivity index is 1.81. The summed E-state index contributed by atoms with van der Waals surface area (Å²) in [7, 11) is 2.71. The van der Waals surface area contributed by atoms with Crippen molar-refractivity contribution in [3.8, 4) is 11.5 Å². The molecule has 1 aromatic carbocycles. The molecule has 0 bridgehead atoms. The van der Waals surface area contributed by atoms with Crippen LogP contribution in [0.2, 0.25) is 5.02 Å². The van der Waals surface area contributed by atoms with Crippen LogP contribution in [-0.2, 0) is 16.1 Å². The van der Waals surface area contributed by atoms with Gasteiger partial charge in [-0.1, -0.05) is 18.5 Å². The molecule has 0 spiro atoms. The number of rotatable bonds is 8. The fraction of sp³-hybridized carbons (Fsp3) is 0.318. The number of benzene rings is 1. The molecule has 2 aromatic rings. The van der Waals surface area contributed by atoms with Crippen LogP contribution < -0.4 is 14.8 Å². The highest BCUT2D eigenvalue weighted by Gasteiger charge is 2.34. The largest absolute Gasteiger partial charge is 0.493 e. The topological polar surface area (TPSA) is 107 Å². The van der Waals surface area contributed by atoms with Gasteiger partial charge in [0.1, 0.15) is 11.5 Å². The van der Waals surface area contributed by atoms with E-state index >= 15 is 0 Å². The Bertz CT molecular complexity index is 1080. The number of imide groups is 1. The van der Waals surface area contributed by atoms with Crippen molar-refractivity contribution in [3.63, 3.8) is 0 Å². The van der Waals surface area contributed by atoms with Gasteiger partial charge in [0, 0.05) is 0 Å². The summed E-state index contributed by atoms with van der Waals surface area (Å²) in [5, 5.41) is 2.84. The second-order valence-corrected chi connectivity index (χ2v) is 7.42. The minimum atomic E-state index is -0.652. The molecule has 1 aliphatic heterocycles. The van der Waals surface area contributed by atoms with E-state index in [0.717, 1.165) is 11.3 Å². The smallest absolute Gasteiger partial charge is 0.373 e. The number of furan rings is 1. The van der Waals surface area contributed by atoms with E-state index in [1.165, 1.54) is 32.4 Å². The molecule has 2 heterocycles. The van der Waals surface area contributed by atoms with Crippen molar-refractivity contribution in [2.75, 3.05) is 14.2 Å². The number of esters is 1. The molecule has 0 unspecified atom stereocenters. The van der Waals surface area contributed by atoms with E-state index in [0.29, 0.717) is 22.1 Å². The number of hydrogen-bond acceptors (Lipinski definition) is 7. The van der Waals surface area contributed by atoms with Gasteiger partial charge >= 0.3 is 12.0 Å². The first-order valence-electron chi connectivity index (χ1n) is 9.83. The van der Waals surface area contributed by atoms with Crippen molar-refractivity contribution in [1.82, 2.24) is 10.2 Å². The summed E-state index contributed by atoms with van der Waals surface area (Å²) in [6.45, 7) is 3.76. The van der Waals surface area contributed by atoms with Gasteiger partial charge in [-0.25, -0.2) is 9.59 Å². The maximum absolute atomic E-state index is 12.8. The second kappa shape index (κ2) is 9.78. The zero-order chi connectivity index (χ0) is 23.4. The number of hydrogen-bond donors (Lipinski definition) is 1. The summed E-state index contributed by atoms with van der Waals surface area (Å²) in [5.41, 5.74) is 0.600. The summed E-state index contributed by atoms with van der Waals surface area (Å²) in [5.74, 6) is -0.155. The van der Waals surface area contributed by atoms with E-state index in [-0.39, 0.29) is 29.9 Å². The summed E-state index contributed by atoms with van der Waals surface area (Å²) in [4.78, 5) is 37.6. The highest BCUT2D eigenvalue weighted by atomic mass is 35.5. The van der Waals surface area contributed by atoms with Crippen LogP contribution in [0.25, 0.3) is 6.08 Å². The maximum atomic E-state index is 12.8. The van der Waals surface area contributed by atoms with Crippen LogP contribution in [0.3, 0.4) is 0 Å². The van der Waals surface area contributed by atoms with E-state index < -0.39 is 17.9 Å². The van der Waals surface area contributed by atoms with E-state index in [4.69, 9.17) is 25.5 Å². The third kappa shape index (κ3) is 4.88. The van der Waals surface area contributed by atoms with Crippen LogP contribution in [-0.4, -0.2) is 43.1 Å². The molecule has 0 radical (unpaired) electrons. The molecular weight excluding hydrogens is 440 g/mol. The number of halogens is 1. The Morgan fingerprint density at radius 1 is 1.28 bits per heavy atom. The van der Waals surface area contributed by atoms with Crippen molar-refractivity contribution >= 4 is 35.6 Å². The Labute approximate surface area is 189 Å². The number of carbonyl (C=O) groups excluding carboxylic acids is 3. The number of carbonyl (C=O) groups is 3. The molecule has 170 valence electrons. The predicted molar refractivity (Wildman–Crippen MR) is 115 cm³/mol. The molecule has 3 amide bonds. The van der Waals surface area contributed by atoms with Crippen LogP contribution in [0.1, 0.15) is 42.1 Å². The van der Waals surface area contributed by atoms with E-state index in [9.17, 15) is 14.4 Å². The van der Waals surface area contributed by atoms with Gasteiger partial charge in [0.05, 0.1) is 31.9 Å². The first-order chi connectivity index (χ1) is 15.3. The molecule has 1 N–H and O–H groups in total. The maximum Gasteiger partial charge on any atom is 0.373 e. The molecular formula is C22H23ClN2O7. The highest BCUT2D eigenvalue weighted by Crippen LogP contribution is 2.38. The standard InChI is InChI=1S/C22H23ClN2O7/c1-5-12(2)31-19-15(23)8-13(10-18(19)29-3)9-16-20(26)25(22(28)24-16)11-14-6-7-17(32-14)21(27)30-4/h6-10,12H,5,11H2,1-4H3,(H,24,28)/b16-9-/t12-/m1/s1. The number of nitrogens with zero attached hydrogens (tertiary/aromatic N) is 1. The van der Waals surface area contributed by atoms with Crippen molar-refractivity contribution in [1.29, 1.82) is 0 Å². The first-order valence-corrected chi connectivity index (χ1v) is 10.2. The SMILES string of the molecule is CC[C@@H](C)Oc1c(Cl)cc(/C=C2\NC(=O)N(Cc3ccc(C(=O)OC)o3)C2=O)cc1OC. The van der Waals surface area contributed by atoms with Gasteiger partial charge in [-0.05, 0) is 49.2 Å². The van der Waals surface area contributed by atoms with Crippen LogP contribution in [0.4, 0.5) is 4.79 Å². The summed E-state index contributed by atoms with van der Waals surface area (Å²) < 4.78 is 21.1. The Morgan fingerprint density at radius 2 is 2.03 bits per heavy atom. The van der Waals surface area contributed by atoms with Gasteiger partial charge in [0.15, 0.2) is 11.5 Å². The summed E-state index contributed by atoms with van der Waals surface area (Å²) >= 11 is 6.37. The van der Waals surface area contributed by atoms with Crippen molar-refractivity contribution < 1.29 is 33.0 Å². The lowest BCUT2D eigenvalue weighted by Crippen LogP contribution is -2.30. The zero-order valence-electron chi connectivity index (χ0n) is 18.1. The van der Waals surface area contributed by atoms with Gasteiger partial charge in [-0.3, -0.25) is 9.69 Å². The molecule has 10 heteroatoms. The van der Waals surface area contributed by atoms with E-state index in [1.54, 1.807) is 12.1 Å². The molecule has 1 fully saturated rings. The molecule has 0 saturated carbocycles.